The van der Waals surface area contributed by atoms with Crippen LogP contribution in [0.2, 0.25) is 5.02 Å². The lowest BCUT2D eigenvalue weighted by molar-refractivity contribution is -0.117. The van der Waals surface area contributed by atoms with E-state index in [-0.39, 0.29) is 18.4 Å². The van der Waals surface area contributed by atoms with Crippen LogP contribution in [0.5, 0.6) is 5.75 Å². The molecule has 0 aliphatic heterocycles. The minimum atomic E-state index is -0.147. The van der Waals surface area contributed by atoms with E-state index < -0.39 is 0 Å². The van der Waals surface area contributed by atoms with Gasteiger partial charge in [-0.05, 0) is 63.4 Å². The van der Waals surface area contributed by atoms with Crippen LogP contribution in [0.15, 0.2) is 48.5 Å². The van der Waals surface area contributed by atoms with E-state index in [9.17, 15) is 9.59 Å². The molecule has 0 aliphatic carbocycles. The van der Waals surface area contributed by atoms with Gasteiger partial charge in [0.1, 0.15) is 12.4 Å². The summed E-state index contributed by atoms with van der Waals surface area (Å²) in [5.74, 6) is 0.552. The van der Waals surface area contributed by atoms with Crippen molar-refractivity contribution in [2.45, 2.75) is 13.8 Å². The van der Waals surface area contributed by atoms with Crippen LogP contribution in [0.25, 0.3) is 0 Å². The Balaban J connectivity index is 1.81. The molecule has 0 heterocycles. The number of halogens is 1. The van der Waals surface area contributed by atoms with Crippen molar-refractivity contribution in [3.63, 3.8) is 0 Å². The number of benzene rings is 2. The number of nitrogens with one attached hydrogen (secondary N) is 1. The summed E-state index contributed by atoms with van der Waals surface area (Å²) in [5, 5.41) is 3.51. The van der Waals surface area contributed by atoms with E-state index in [1.54, 1.807) is 41.3 Å². The summed E-state index contributed by atoms with van der Waals surface area (Å²) in [6.45, 7) is 6.45. The molecule has 0 saturated heterocycles. The van der Waals surface area contributed by atoms with E-state index in [2.05, 4.69) is 5.32 Å². The first-order valence-electron chi connectivity index (χ1n) is 9.69. The number of carbonyl (C=O) groups excluding carboxylic acids is 2. The second kappa shape index (κ2) is 11.4. The molecule has 0 aliphatic rings. The highest BCUT2D eigenvalue weighted by molar-refractivity contribution is 6.30. The highest BCUT2D eigenvalue weighted by Gasteiger charge is 2.13. The van der Waals surface area contributed by atoms with Crippen molar-refractivity contribution >= 4 is 29.1 Å². The minimum absolute atomic E-state index is 0.0393. The van der Waals surface area contributed by atoms with Crippen LogP contribution in [-0.2, 0) is 4.79 Å². The lowest BCUT2D eigenvalue weighted by atomic mass is 10.1. The number of carbonyl (C=O) groups is 2. The van der Waals surface area contributed by atoms with E-state index in [0.29, 0.717) is 42.5 Å². The average molecular weight is 418 g/mol. The van der Waals surface area contributed by atoms with Crippen LogP contribution in [-0.4, -0.2) is 61.4 Å². The summed E-state index contributed by atoms with van der Waals surface area (Å²) in [6.07, 6.45) is 0. The maximum absolute atomic E-state index is 12.5. The molecule has 0 unspecified atom stereocenters. The SMILES string of the molecule is CCN(CC)C(=O)c1cccc(NC(=O)CN(C)CCOc2ccc(Cl)cc2)c1. The fraction of sp³-hybridized carbons (Fsp3) is 0.364. The number of amides is 2. The molecule has 2 aromatic rings. The maximum Gasteiger partial charge on any atom is 0.253 e. The van der Waals surface area contributed by atoms with Gasteiger partial charge in [0.15, 0.2) is 0 Å². The van der Waals surface area contributed by atoms with Crippen LogP contribution in [0.3, 0.4) is 0 Å². The monoisotopic (exact) mass is 417 g/mol. The van der Waals surface area contributed by atoms with Crippen molar-refractivity contribution in [3.8, 4) is 5.75 Å². The first kappa shape index (κ1) is 22.7. The van der Waals surface area contributed by atoms with Gasteiger partial charge in [0.2, 0.25) is 5.91 Å². The van der Waals surface area contributed by atoms with E-state index in [4.69, 9.17) is 16.3 Å². The van der Waals surface area contributed by atoms with E-state index in [1.807, 2.05) is 37.9 Å². The highest BCUT2D eigenvalue weighted by atomic mass is 35.5. The zero-order valence-electron chi connectivity index (χ0n) is 17.2. The molecular weight excluding hydrogens is 390 g/mol. The van der Waals surface area contributed by atoms with Gasteiger partial charge in [0, 0.05) is 35.9 Å². The standard InChI is InChI=1S/C22H28ClN3O3/c1-4-26(5-2)22(28)17-7-6-8-19(15-17)24-21(27)16-25(3)13-14-29-20-11-9-18(23)10-12-20/h6-12,15H,4-5,13-14,16H2,1-3H3,(H,24,27). The van der Waals surface area contributed by atoms with Crippen molar-refractivity contribution < 1.29 is 14.3 Å². The van der Waals surface area contributed by atoms with Crippen molar-refractivity contribution in [3.05, 3.63) is 59.1 Å². The van der Waals surface area contributed by atoms with Gasteiger partial charge >= 0.3 is 0 Å². The molecule has 0 bridgehead atoms. The Morgan fingerprint density at radius 1 is 1.07 bits per heavy atom. The second-order valence-corrected chi connectivity index (χ2v) is 7.08. The molecule has 1 N–H and O–H groups in total. The van der Waals surface area contributed by atoms with Gasteiger partial charge in [-0.2, -0.15) is 0 Å². The zero-order chi connectivity index (χ0) is 21.2. The van der Waals surface area contributed by atoms with Gasteiger partial charge in [0.25, 0.3) is 5.91 Å². The van der Waals surface area contributed by atoms with Gasteiger partial charge in [0.05, 0.1) is 6.54 Å². The highest BCUT2D eigenvalue weighted by Crippen LogP contribution is 2.15. The number of rotatable bonds is 10. The molecule has 0 radical (unpaired) electrons. The van der Waals surface area contributed by atoms with Gasteiger partial charge in [-0.3, -0.25) is 14.5 Å². The molecule has 0 spiro atoms. The van der Waals surface area contributed by atoms with Crippen molar-refractivity contribution in [1.82, 2.24) is 9.80 Å². The first-order valence-corrected chi connectivity index (χ1v) is 10.1. The summed E-state index contributed by atoms with van der Waals surface area (Å²) in [7, 11) is 1.85. The molecular formula is C22H28ClN3O3. The van der Waals surface area contributed by atoms with Crippen LogP contribution < -0.4 is 10.1 Å². The molecule has 0 aromatic heterocycles. The Morgan fingerprint density at radius 2 is 1.76 bits per heavy atom. The van der Waals surface area contributed by atoms with Crippen LogP contribution in [0.1, 0.15) is 24.2 Å². The number of nitrogens with zero attached hydrogens (tertiary/aromatic N) is 2. The molecule has 7 heteroatoms. The van der Waals surface area contributed by atoms with Crippen LogP contribution >= 0.6 is 11.6 Å². The third-order valence-corrected chi connectivity index (χ3v) is 4.66. The van der Waals surface area contributed by atoms with Crippen molar-refractivity contribution in [2.24, 2.45) is 0 Å². The minimum Gasteiger partial charge on any atom is -0.492 e. The summed E-state index contributed by atoms with van der Waals surface area (Å²) in [5.41, 5.74) is 1.18. The third-order valence-electron chi connectivity index (χ3n) is 4.41. The van der Waals surface area contributed by atoms with E-state index in [1.165, 1.54) is 0 Å². The Kier molecular flexibility index (Phi) is 8.96. The Bertz CT molecular complexity index is 807. The predicted octanol–water partition coefficient (Wildman–Crippen LogP) is 3.77. The van der Waals surface area contributed by atoms with E-state index in [0.717, 1.165) is 5.75 Å². The molecule has 6 nitrogen and oxygen atoms in total. The molecule has 0 atom stereocenters. The molecule has 0 saturated carbocycles. The average Bonchev–Trinajstić information content (AvgIpc) is 2.70. The summed E-state index contributed by atoms with van der Waals surface area (Å²) in [6, 6.07) is 14.2. The van der Waals surface area contributed by atoms with Gasteiger partial charge in [-0.15, -0.1) is 0 Å². The number of anilines is 1. The zero-order valence-corrected chi connectivity index (χ0v) is 17.9. The first-order chi connectivity index (χ1) is 13.9. The lowest BCUT2D eigenvalue weighted by Gasteiger charge is -2.19. The van der Waals surface area contributed by atoms with Gasteiger partial charge < -0.3 is 15.0 Å². The number of likely N-dealkylation sites (N-methyl/N-ethyl adjacent to an activating group) is 1. The van der Waals surface area contributed by atoms with Crippen molar-refractivity contribution in [2.75, 3.05) is 45.2 Å². The molecule has 2 aromatic carbocycles. The Hall–Kier alpha value is -2.57. The molecule has 0 fully saturated rings. The summed E-state index contributed by atoms with van der Waals surface area (Å²) in [4.78, 5) is 28.4. The topological polar surface area (TPSA) is 61.9 Å². The van der Waals surface area contributed by atoms with Crippen molar-refractivity contribution in [1.29, 1.82) is 0 Å². The summed E-state index contributed by atoms with van der Waals surface area (Å²) < 4.78 is 5.64. The normalized spacial score (nSPS) is 10.7. The second-order valence-electron chi connectivity index (χ2n) is 6.65. The molecule has 29 heavy (non-hydrogen) atoms. The van der Waals surface area contributed by atoms with Crippen LogP contribution in [0.4, 0.5) is 5.69 Å². The van der Waals surface area contributed by atoms with E-state index >= 15 is 0 Å². The fourth-order valence-electron chi connectivity index (χ4n) is 2.80. The predicted molar refractivity (Wildman–Crippen MR) is 117 cm³/mol. The summed E-state index contributed by atoms with van der Waals surface area (Å²) >= 11 is 5.85. The quantitative estimate of drug-likeness (QED) is 0.639. The van der Waals surface area contributed by atoms with Gasteiger partial charge in [-0.25, -0.2) is 0 Å². The lowest BCUT2D eigenvalue weighted by Crippen LogP contribution is -2.33. The molecule has 2 amide bonds. The molecule has 2 rings (SSSR count). The largest absolute Gasteiger partial charge is 0.492 e. The van der Waals surface area contributed by atoms with Gasteiger partial charge in [-0.1, -0.05) is 17.7 Å². The number of hydrogen-bond donors (Lipinski definition) is 1. The number of ether oxygens (including phenoxy) is 1. The fourth-order valence-corrected chi connectivity index (χ4v) is 2.92. The smallest absolute Gasteiger partial charge is 0.253 e. The number of hydrogen-bond acceptors (Lipinski definition) is 4. The molecule has 156 valence electrons. The van der Waals surface area contributed by atoms with Crippen LogP contribution in [0, 0.1) is 0 Å². The third kappa shape index (κ3) is 7.40. The Morgan fingerprint density at radius 3 is 2.41 bits per heavy atom. The maximum atomic E-state index is 12.5. The Labute approximate surface area is 177 Å².